The maximum atomic E-state index is 10.9. The first-order valence-corrected chi connectivity index (χ1v) is 8.40. The second-order valence-corrected chi connectivity index (χ2v) is 8.19. The van der Waals surface area contributed by atoms with Gasteiger partial charge in [-0.25, -0.2) is 4.79 Å². The Morgan fingerprint density at radius 2 is 2.05 bits per heavy atom. The van der Waals surface area contributed by atoms with Gasteiger partial charge in [0.05, 0.1) is 8.00 Å². The molecule has 0 aliphatic carbocycles. The fraction of sp³-hybridized carbons (Fsp3) is 0.0714. The second-order valence-electron chi connectivity index (χ2n) is 3.98. The molecule has 1 aromatic carbocycles. The first-order chi connectivity index (χ1) is 9.45. The summed E-state index contributed by atoms with van der Waals surface area (Å²) in [7, 11) is 0. The molecule has 2 nitrogen and oxygen atoms in total. The number of carboxylic acids is 1. The van der Waals surface area contributed by atoms with Gasteiger partial charge in [-0.1, -0.05) is 23.4 Å². The molecule has 0 saturated heterocycles. The Hall–Kier alpha value is -0.750. The smallest absolute Gasteiger partial charge is 0.331 e. The van der Waals surface area contributed by atoms with Crippen LogP contribution in [0.15, 0.2) is 48.8 Å². The van der Waals surface area contributed by atoms with Crippen LogP contribution in [0.25, 0.3) is 6.08 Å². The summed E-state index contributed by atoms with van der Waals surface area (Å²) in [5.41, 5.74) is 1.22. The Balaban J connectivity index is 2.30. The lowest BCUT2D eigenvalue weighted by Crippen LogP contribution is -1.95. The zero-order valence-corrected chi connectivity index (χ0v) is 14.4. The number of aliphatic carboxylic acids is 1. The van der Waals surface area contributed by atoms with E-state index < -0.39 is 5.97 Å². The van der Waals surface area contributed by atoms with E-state index in [0.717, 1.165) is 18.5 Å². The number of carboxylic acid groups (broad SMARTS) is 1. The zero-order chi connectivity index (χ0) is 14.7. The quantitative estimate of drug-likeness (QED) is 0.671. The summed E-state index contributed by atoms with van der Waals surface area (Å²) in [6, 6.07) is 9.49. The average molecular weight is 390 g/mol. The van der Waals surface area contributed by atoms with Crippen LogP contribution in [-0.4, -0.2) is 11.1 Å². The van der Waals surface area contributed by atoms with Crippen molar-refractivity contribution < 1.29 is 9.90 Å². The highest BCUT2D eigenvalue weighted by Crippen LogP contribution is 2.40. The Kier molecular flexibility index (Phi) is 5.32. The third-order valence-electron chi connectivity index (χ3n) is 2.43. The van der Waals surface area contributed by atoms with Crippen LogP contribution < -0.4 is 0 Å². The normalized spacial score (nSPS) is 11.7. The van der Waals surface area contributed by atoms with E-state index in [0.29, 0.717) is 10.6 Å². The molecule has 20 heavy (non-hydrogen) atoms. The summed E-state index contributed by atoms with van der Waals surface area (Å²) in [5, 5.41) is 9.66. The van der Waals surface area contributed by atoms with Crippen LogP contribution in [-0.2, 0) is 4.79 Å². The van der Waals surface area contributed by atoms with Crippen LogP contribution in [0.4, 0.5) is 0 Å². The topological polar surface area (TPSA) is 37.3 Å². The molecule has 0 spiro atoms. The number of hydrogen-bond donors (Lipinski definition) is 1. The van der Waals surface area contributed by atoms with Crippen molar-refractivity contribution in [1.29, 1.82) is 0 Å². The Labute approximate surface area is 138 Å². The molecule has 2 rings (SSSR count). The molecular formula is C14H10BrClO2S2. The van der Waals surface area contributed by atoms with Crippen LogP contribution in [0.5, 0.6) is 0 Å². The van der Waals surface area contributed by atoms with Crippen molar-refractivity contribution in [3.05, 3.63) is 50.3 Å². The minimum Gasteiger partial charge on any atom is -0.478 e. The molecule has 1 heterocycles. The molecule has 0 unspecified atom stereocenters. The highest BCUT2D eigenvalue weighted by atomic mass is 79.9. The van der Waals surface area contributed by atoms with Crippen LogP contribution in [0.1, 0.15) is 12.5 Å². The molecule has 0 amide bonds. The third kappa shape index (κ3) is 4.12. The maximum absolute atomic E-state index is 10.9. The lowest BCUT2D eigenvalue weighted by Gasteiger charge is -2.01. The summed E-state index contributed by atoms with van der Waals surface area (Å²) >= 11 is 12.5. The summed E-state index contributed by atoms with van der Waals surface area (Å²) in [6.07, 6.45) is 1.68. The number of hydrogen-bond acceptors (Lipinski definition) is 3. The van der Waals surface area contributed by atoms with Crippen molar-refractivity contribution in [1.82, 2.24) is 0 Å². The molecule has 0 aliphatic heterocycles. The second kappa shape index (κ2) is 6.80. The first kappa shape index (κ1) is 15.6. The minimum atomic E-state index is -0.908. The van der Waals surface area contributed by atoms with Gasteiger partial charge in [-0.3, -0.25) is 0 Å². The molecule has 0 bridgehead atoms. The Bertz CT molecular complexity index is 662. The number of halogens is 2. The molecular weight excluding hydrogens is 380 g/mol. The number of thiophene rings is 1. The van der Waals surface area contributed by atoms with Gasteiger partial charge in [0.1, 0.15) is 0 Å². The monoisotopic (exact) mass is 388 g/mol. The summed E-state index contributed by atoms with van der Waals surface area (Å²) < 4.78 is 2.01. The predicted octanol–water partition coefficient (Wildman–Crippen LogP) is 5.80. The van der Waals surface area contributed by atoms with E-state index in [1.807, 2.05) is 30.3 Å². The van der Waals surface area contributed by atoms with Gasteiger partial charge in [-0.15, -0.1) is 11.3 Å². The molecule has 1 aromatic heterocycles. The van der Waals surface area contributed by atoms with Crippen molar-refractivity contribution in [2.75, 3.05) is 0 Å². The van der Waals surface area contributed by atoms with Crippen LogP contribution in [0.2, 0.25) is 5.02 Å². The van der Waals surface area contributed by atoms with Crippen LogP contribution >= 0.6 is 50.6 Å². The fourth-order valence-electron chi connectivity index (χ4n) is 1.44. The fourth-order valence-corrected chi connectivity index (χ4v) is 4.67. The van der Waals surface area contributed by atoms with Crippen molar-refractivity contribution in [3.63, 3.8) is 0 Å². The van der Waals surface area contributed by atoms with E-state index in [-0.39, 0.29) is 0 Å². The highest BCUT2D eigenvalue weighted by Gasteiger charge is 2.10. The molecule has 0 aliphatic rings. The van der Waals surface area contributed by atoms with E-state index in [4.69, 9.17) is 16.7 Å². The average Bonchev–Trinajstić information content (AvgIpc) is 2.72. The van der Waals surface area contributed by atoms with Crippen LogP contribution in [0, 0.1) is 0 Å². The van der Waals surface area contributed by atoms with Crippen molar-refractivity contribution in [2.45, 2.75) is 16.0 Å². The van der Waals surface area contributed by atoms with Gasteiger partial charge in [-0.05, 0) is 59.3 Å². The van der Waals surface area contributed by atoms with Gasteiger partial charge in [0.25, 0.3) is 0 Å². The van der Waals surface area contributed by atoms with Gasteiger partial charge < -0.3 is 5.11 Å². The van der Waals surface area contributed by atoms with Crippen LogP contribution in [0.3, 0.4) is 0 Å². The van der Waals surface area contributed by atoms with Crippen molar-refractivity contribution >= 4 is 62.7 Å². The van der Waals surface area contributed by atoms with E-state index in [1.54, 1.807) is 36.1 Å². The van der Waals surface area contributed by atoms with Gasteiger partial charge >= 0.3 is 5.97 Å². The van der Waals surface area contributed by atoms with E-state index in [2.05, 4.69) is 15.9 Å². The number of rotatable bonds is 4. The molecule has 0 atom stereocenters. The van der Waals surface area contributed by atoms with Gasteiger partial charge in [0.2, 0.25) is 0 Å². The summed E-state index contributed by atoms with van der Waals surface area (Å²) in [6.45, 7) is 1.59. The Morgan fingerprint density at radius 3 is 2.65 bits per heavy atom. The Morgan fingerprint density at radius 1 is 1.40 bits per heavy atom. The van der Waals surface area contributed by atoms with Gasteiger partial charge in [0, 0.05) is 21.1 Å². The lowest BCUT2D eigenvalue weighted by atomic mass is 10.2. The predicted molar refractivity (Wildman–Crippen MR) is 88.9 cm³/mol. The summed E-state index contributed by atoms with van der Waals surface area (Å²) in [4.78, 5) is 12.0. The van der Waals surface area contributed by atoms with Gasteiger partial charge in [-0.2, -0.15) is 0 Å². The van der Waals surface area contributed by atoms with E-state index in [1.165, 1.54) is 0 Å². The summed E-state index contributed by atoms with van der Waals surface area (Å²) in [5.74, 6) is -0.908. The largest absolute Gasteiger partial charge is 0.478 e. The SMILES string of the molecule is C/C(=C\c1cc(Br)sc1Sc1ccc(Cl)cc1)C(=O)O. The molecule has 0 radical (unpaired) electrons. The minimum absolute atomic E-state index is 0.313. The van der Waals surface area contributed by atoms with Gasteiger partial charge in [0.15, 0.2) is 0 Å². The zero-order valence-electron chi connectivity index (χ0n) is 10.4. The first-order valence-electron chi connectivity index (χ1n) is 5.60. The molecule has 6 heteroatoms. The highest BCUT2D eigenvalue weighted by molar-refractivity contribution is 9.11. The molecule has 2 aromatic rings. The maximum Gasteiger partial charge on any atom is 0.331 e. The molecule has 1 N–H and O–H groups in total. The van der Waals surface area contributed by atoms with Crippen molar-refractivity contribution in [2.24, 2.45) is 0 Å². The van der Waals surface area contributed by atoms with Crippen molar-refractivity contribution in [3.8, 4) is 0 Å². The number of carbonyl (C=O) groups is 1. The molecule has 104 valence electrons. The van der Waals surface area contributed by atoms with E-state index in [9.17, 15) is 4.79 Å². The molecule has 0 fully saturated rings. The molecule has 0 saturated carbocycles. The van der Waals surface area contributed by atoms with E-state index >= 15 is 0 Å². The lowest BCUT2D eigenvalue weighted by molar-refractivity contribution is -0.132. The standard InChI is InChI=1S/C14H10BrClO2S2/c1-8(13(17)18)6-9-7-12(15)20-14(9)19-11-4-2-10(16)3-5-11/h2-7H,1H3,(H,17,18)/b8-6+. The number of benzene rings is 1. The third-order valence-corrected chi connectivity index (χ3v) is 5.56.